The molecule has 3 aromatic rings. The van der Waals surface area contributed by atoms with Crippen LogP contribution in [0.15, 0.2) is 67.0 Å². The summed E-state index contributed by atoms with van der Waals surface area (Å²) in [6.07, 6.45) is 3.40. The van der Waals surface area contributed by atoms with E-state index in [0.717, 1.165) is 5.56 Å². The number of benzene rings is 2. The molecule has 0 saturated carbocycles. The van der Waals surface area contributed by atoms with Crippen molar-refractivity contribution in [2.45, 2.75) is 0 Å². The van der Waals surface area contributed by atoms with Crippen LogP contribution in [0.2, 0.25) is 5.02 Å². The molecule has 0 saturated heterocycles. The lowest BCUT2D eigenvalue weighted by atomic mass is 9.94. The number of halogens is 1. The number of ketones is 1. The minimum atomic E-state index is -0.145. The predicted octanol–water partition coefficient (Wildman–Crippen LogP) is 4.64. The van der Waals surface area contributed by atoms with Crippen molar-refractivity contribution in [2.75, 3.05) is 7.11 Å². The van der Waals surface area contributed by atoms with Gasteiger partial charge in [-0.3, -0.25) is 9.78 Å². The van der Waals surface area contributed by atoms with Crippen LogP contribution in [0.25, 0.3) is 11.1 Å². The molecule has 0 unspecified atom stereocenters. The van der Waals surface area contributed by atoms with Gasteiger partial charge in [0, 0.05) is 34.6 Å². The Morgan fingerprint density at radius 3 is 2.48 bits per heavy atom. The van der Waals surface area contributed by atoms with Gasteiger partial charge in [0.1, 0.15) is 5.75 Å². The van der Waals surface area contributed by atoms with Gasteiger partial charge in [-0.25, -0.2) is 0 Å². The number of ether oxygens (including phenoxy) is 1. The van der Waals surface area contributed by atoms with E-state index in [9.17, 15) is 4.79 Å². The minimum Gasteiger partial charge on any atom is -0.496 e. The molecule has 0 radical (unpaired) electrons. The van der Waals surface area contributed by atoms with Crippen LogP contribution in [0.5, 0.6) is 5.75 Å². The topological polar surface area (TPSA) is 39.2 Å². The monoisotopic (exact) mass is 323 g/mol. The third kappa shape index (κ3) is 2.96. The number of hydrogen-bond donors (Lipinski definition) is 0. The van der Waals surface area contributed by atoms with Crippen LogP contribution in [-0.2, 0) is 0 Å². The average Bonchev–Trinajstić information content (AvgIpc) is 2.61. The van der Waals surface area contributed by atoms with E-state index in [0.29, 0.717) is 27.5 Å². The first-order valence-corrected chi connectivity index (χ1v) is 7.47. The Balaban J connectivity index is 2.21. The third-order valence-electron chi connectivity index (χ3n) is 3.56. The van der Waals surface area contributed by atoms with Crippen LogP contribution in [0, 0.1) is 0 Å². The van der Waals surface area contributed by atoms with Gasteiger partial charge < -0.3 is 4.74 Å². The smallest absolute Gasteiger partial charge is 0.195 e. The maximum absolute atomic E-state index is 13.0. The van der Waals surface area contributed by atoms with Gasteiger partial charge in [0.2, 0.25) is 0 Å². The molecule has 0 atom stereocenters. The van der Waals surface area contributed by atoms with E-state index in [1.165, 1.54) is 0 Å². The molecule has 1 heterocycles. The summed E-state index contributed by atoms with van der Waals surface area (Å²) in [5.74, 6) is 0.476. The number of rotatable bonds is 4. The molecule has 2 aromatic carbocycles. The molecule has 4 heteroatoms. The molecule has 3 rings (SSSR count). The Kier molecular flexibility index (Phi) is 4.40. The second-order valence-electron chi connectivity index (χ2n) is 4.93. The highest BCUT2D eigenvalue weighted by molar-refractivity contribution is 6.35. The number of nitrogens with zero attached hydrogens (tertiary/aromatic N) is 1. The number of aromatic nitrogens is 1. The van der Waals surface area contributed by atoms with Gasteiger partial charge in [-0.2, -0.15) is 0 Å². The highest BCUT2D eigenvalue weighted by Crippen LogP contribution is 2.34. The fourth-order valence-corrected chi connectivity index (χ4v) is 2.71. The lowest BCUT2D eigenvalue weighted by Crippen LogP contribution is -2.05. The first-order valence-electron chi connectivity index (χ1n) is 7.09. The van der Waals surface area contributed by atoms with Crippen molar-refractivity contribution < 1.29 is 9.53 Å². The van der Waals surface area contributed by atoms with E-state index < -0.39 is 0 Å². The summed E-state index contributed by atoms with van der Waals surface area (Å²) < 4.78 is 5.44. The highest BCUT2D eigenvalue weighted by atomic mass is 35.5. The largest absolute Gasteiger partial charge is 0.496 e. The molecule has 0 spiro atoms. The van der Waals surface area contributed by atoms with Crippen molar-refractivity contribution in [1.82, 2.24) is 4.98 Å². The van der Waals surface area contributed by atoms with Crippen molar-refractivity contribution in [1.29, 1.82) is 0 Å². The second kappa shape index (κ2) is 6.63. The molecule has 0 fully saturated rings. The Bertz CT molecular complexity index is 847. The summed E-state index contributed by atoms with van der Waals surface area (Å²) in [5.41, 5.74) is 2.53. The van der Waals surface area contributed by atoms with Crippen LogP contribution in [0.1, 0.15) is 15.9 Å². The summed E-state index contributed by atoms with van der Waals surface area (Å²) in [5, 5.41) is 0.428. The number of carbonyl (C=O) groups excluding carboxylic acids is 1. The fourth-order valence-electron chi connectivity index (χ4n) is 2.49. The van der Waals surface area contributed by atoms with Crippen molar-refractivity contribution in [3.8, 4) is 16.9 Å². The molecule has 3 nitrogen and oxygen atoms in total. The zero-order valence-electron chi connectivity index (χ0n) is 12.5. The molecule has 114 valence electrons. The molecule has 0 aliphatic carbocycles. The molecule has 0 aliphatic rings. The minimum absolute atomic E-state index is 0.145. The molecule has 0 amide bonds. The van der Waals surface area contributed by atoms with E-state index >= 15 is 0 Å². The molecule has 1 aromatic heterocycles. The quantitative estimate of drug-likeness (QED) is 0.656. The second-order valence-corrected chi connectivity index (χ2v) is 5.34. The average molecular weight is 324 g/mol. The van der Waals surface area contributed by atoms with Crippen LogP contribution >= 0.6 is 11.6 Å². The van der Waals surface area contributed by atoms with Crippen LogP contribution in [0.4, 0.5) is 0 Å². The lowest BCUT2D eigenvalue weighted by molar-refractivity contribution is 0.103. The van der Waals surface area contributed by atoms with E-state index in [4.69, 9.17) is 16.3 Å². The van der Waals surface area contributed by atoms with E-state index in [2.05, 4.69) is 4.98 Å². The van der Waals surface area contributed by atoms with Crippen LogP contribution in [-0.4, -0.2) is 17.9 Å². The molecule has 0 N–H and O–H groups in total. The number of hydrogen-bond acceptors (Lipinski definition) is 3. The number of methoxy groups -OCH3 is 1. The zero-order valence-corrected chi connectivity index (χ0v) is 13.2. The number of pyridine rings is 1. The first-order chi connectivity index (χ1) is 11.2. The fraction of sp³-hybridized carbons (Fsp3) is 0.0526. The maximum Gasteiger partial charge on any atom is 0.195 e. The summed E-state index contributed by atoms with van der Waals surface area (Å²) in [7, 11) is 1.58. The van der Waals surface area contributed by atoms with E-state index in [1.807, 2.05) is 18.2 Å². The molecule has 0 aliphatic heterocycles. The maximum atomic E-state index is 13.0. The summed E-state index contributed by atoms with van der Waals surface area (Å²) >= 11 is 6.18. The van der Waals surface area contributed by atoms with Gasteiger partial charge in [0.15, 0.2) is 5.78 Å². The third-order valence-corrected chi connectivity index (χ3v) is 3.89. The van der Waals surface area contributed by atoms with Crippen LogP contribution in [0.3, 0.4) is 0 Å². The summed E-state index contributed by atoms with van der Waals surface area (Å²) in [6, 6.07) is 16.1. The predicted molar refractivity (Wildman–Crippen MR) is 91.1 cm³/mol. The SMILES string of the molecule is COc1cccc(C(=O)c2ccccc2Cl)c1-c1cccnc1. The standard InChI is InChI=1S/C19H14ClNO2/c1-23-17-10-4-8-15(18(17)13-6-5-11-21-12-13)19(22)14-7-2-3-9-16(14)20/h2-12H,1H3. The highest BCUT2D eigenvalue weighted by Gasteiger charge is 2.20. The van der Waals surface area contributed by atoms with Crippen molar-refractivity contribution in [2.24, 2.45) is 0 Å². The Labute approximate surface area is 139 Å². The Hall–Kier alpha value is -2.65. The molecule has 0 bridgehead atoms. The molecular formula is C19H14ClNO2. The van der Waals surface area contributed by atoms with E-state index in [-0.39, 0.29) is 5.78 Å². The van der Waals surface area contributed by atoms with Crippen molar-refractivity contribution in [3.05, 3.63) is 83.1 Å². The van der Waals surface area contributed by atoms with Gasteiger partial charge in [-0.05, 0) is 24.3 Å². The van der Waals surface area contributed by atoms with Gasteiger partial charge in [0.05, 0.1) is 12.1 Å². The van der Waals surface area contributed by atoms with Crippen molar-refractivity contribution >= 4 is 17.4 Å². The van der Waals surface area contributed by atoms with E-state index in [1.54, 1.807) is 55.9 Å². The Morgan fingerprint density at radius 2 is 1.78 bits per heavy atom. The van der Waals surface area contributed by atoms with Crippen LogP contribution < -0.4 is 4.74 Å². The number of carbonyl (C=O) groups is 1. The van der Waals surface area contributed by atoms with Gasteiger partial charge in [0.25, 0.3) is 0 Å². The van der Waals surface area contributed by atoms with Gasteiger partial charge in [-0.1, -0.05) is 41.9 Å². The summed E-state index contributed by atoms with van der Waals surface area (Å²) in [6.45, 7) is 0. The summed E-state index contributed by atoms with van der Waals surface area (Å²) in [4.78, 5) is 17.1. The van der Waals surface area contributed by atoms with Crippen molar-refractivity contribution in [3.63, 3.8) is 0 Å². The first kappa shape index (κ1) is 15.3. The Morgan fingerprint density at radius 1 is 1.00 bits per heavy atom. The zero-order chi connectivity index (χ0) is 16.2. The van der Waals surface area contributed by atoms with Gasteiger partial charge >= 0.3 is 0 Å². The van der Waals surface area contributed by atoms with Gasteiger partial charge in [-0.15, -0.1) is 0 Å². The normalized spacial score (nSPS) is 10.3. The molecular weight excluding hydrogens is 310 g/mol. The molecule has 23 heavy (non-hydrogen) atoms. The lowest BCUT2D eigenvalue weighted by Gasteiger charge is -2.14.